The van der Waals surface area contributed by atoms with Gasteiger partial charge in [-0.3, -0.25) is 4.79 Å². The maximum absolute atomic E-state index is 10.6. The van der Waals surface area contributed by atoms with Crippen LogP contribution in [-0.4, -0.2) is 25.2 Å². The van der Waals surface area contributed by atoms with E-state index in [1.165, 1.54) is 0 Å². The first-order valence-corrected chi connectivity index (χ1v) is 3.35. The zero-order valence-corrected chi connectivity index (χ0v) is 6.42. The molecule has 5 heteroatoms. The third-order valence-electron chi connectivity index (χ3n) is 0.934. The highest BCUT2D eigenvalue weighted by molar-refractivity contribution is 5.73. The molecular formula is C6H12N2O3. The van der Waals surface area contributed by atoms with Gasteiger partial charge in [-0.1, -0.05) is 0 Å². The molecular weight excluding hydrogens is 148 g/mol. The van der Waals surface area contributed by atoms with Crippen LogP contribution in [0, 0.1) is 0 Å². The highest BCUT2D eigenvalue weighted by Crippen LogP contribution is 1.83. The second kappa shape index (κ2) is 5.52. The summed E-state index contributed by atoms with van der Waals surface area (Å²) in [5, 5.41) is 2.27. The molecule has 11 heavy (non-hydrogen) atoms. The second-order valence-electron chi connectivity index (χ2n) is 1.85. The molecule has 0 heterocycles. The normalized spacial score (nSPS) is 8.82. The molecule has 0 saturated heterocycles. The van der Waals surface area contributed by atoms with Crippen molar-refractivity contribution in [1.82, 2.24) is 5.32 Å². The van der Waals surface area contributed by atoms with Crippen molar-refractivity contribution in [1.29, 1.82) is 0 Å². The Hall–Kier alpha value is -1.26. The van der Waals surface area contributed by atoms with Crippen molar-refractivity contribution in [3.05, 3.63) is 0 Å². The Balaban J connectivity index is 3.24. The molecule has 0 saturated carbocycles. The fourth-order valence-corrected chi connectivity index (χ4v) is 0.521. The van der Waals surface area contributed by atoms with Gasteiger partial charge >= 0.3 is 12.0 Å². The molecule has 0 aromatic heterocycles. The second-order valence-corrected chi connectivity index (χ2v) is 1.85. The molecule has 0 bridgehead atoms. The lowest BCUT2D eigenvalue weighted by Gasteiger charge is -2.01. The first-order chi connectivity index (χ1) is 5.16. The summed E-state index contributed by atoms with van der Waals surface area (Å²) in [5.74, 6) is -0.332. The molecule has 0 aliphatic rings. The monoisotopic (exact) mass is 160 g/mol. The Morgan fingerprint density at radius 2 is 2.18 bits per heavy atom. The van der Waals surface area contributed by atoms with Crippen LogP contribution in [0.3, 0.4) is 0 Å². The summed E-state index contributed by atoms with van der Waals surface area (Å²) in [4.78, 5) is 20.7. The van der Waals surface area contributed by atoms with Crippen LogP contribution < -0.4 is 11.1 Å². The number of nitrogens with one attached hydrogen (secondary N) is 1. The van der Waals surface area contributed by atoms with Crippen molar-refractivity contribution in [2.75, 3.05) is 13.2 Å². The molecule has 0 atom stereocenters. The van der Waals surface area contributed by atoms with Crippen molar-refractivity contribution in [2.24, 2.45) is 5.73 Å². The zero-order valence-electron chi connectivity index (χ0n) is 6.42. The van der Waals surface area contributed by atoms with Gasteiger partial charge in [0, 0.05) is 6.54 Å². The van der Waals surface area contributed by atoms with Gasteiger partial charge in [0.05, 0.1) is 13.0 Å². The van der Waals surface area contributed by atoms with Crippen molar-refractivity contribution >= 4 is 12.0 Å². The Labute approximate surface area is 64.9 Å². The van der Waals surface area contributed by atoms with Crippen LogP contribution in [0.2, 0.25) is 0 Å². The topological polar surface area (TPSA) is 81.4 Å². The first kappa shape index (κ1) is 9.74. The molecule has 2 amide bonds. The third-order valence-corrected chi connectivity index (χ3v) is 0.934. The number of hydrogen-bond donors (Lipinski definition) is 2. The lowest BCUT2D eigenvalue weighted by molar-refractivity contribution is -0.142. The lowest BCUT2D eigenvalue weighted by atomic mass is 10.4. The van der Waals surface area contributed by atoms with Gasteiger partial charge in [-0.2, -0.15) is 0 Å². The summed E-state index contributed by atoms with van der Waals surface area (Å²) in [6, 6.07) is -0.630. The Morgan fingerprint density at radius 1 is 1.55 bits per heavy atom. The fraction of sp³-hybridized carbons (Fsp3) is 0.667. The highest BCUT2D eigenvalue weighted by Gasteiger charge is 2.00. The Morgan fingerprint density at radius 3 is 2.64 bits per heavy atom. The van der Waals surface area contributed by atoms with Crippen molar-refractivity contribution in [3.63, 3.8) is 0 Å². The van der Waals surface area contributed by atoms with Crippen LogP contribution in [0.15, 0.2) is 0 Å². The van der Waals surface area contributed by atoms with E-state index in [1.807, 2.05) is 0 Å². The maximum atomic E-state index is 10.6. The van der Waals surface area contributed by atoms with Crippen LogP contribution in [-0.2, 0) is 9.53 Å². The van der Waals surface area contributed by atoms with Crippen molar-refractivity contribution in [2.45, 2.75) is 13.3 Å². The van der Waals surface area contributed by atoms with Crippen molar-refractivity contribution < 1.29 is 14.3 Å². The van der Waals surface area contributed by atoms with E-state index in [4.69, 9.17) is 5.73 Å². The number of primary amides is 1. The quantitative estimate of drug-likeness (QED) is 0.549. The fourth-order valence-electron chi connectivity index (χ4n) is 0.521. The summed E-state index contributed by atoms with van der Waals surface area (Å²) < 4.78 is 4.59. The van der Waals surface area contributed by atoms with E-state index < -0.39 is 6.03 Å². The van der Waals surface area contributed by atoms with Gasteiger partial charge in [0.25, 0.3) is 0 Å². The van der Waals surface area contributed by atoms with E-state index in [9.17, 15) is 9.59 Å². The predicted octanol–water partition coefficient (Wildman–Crippen LogP) is -0.392. The molecule has 0 aliphatic heterocycles. The summed E-state index contributed by atoms with van der Waals surface area (Å²) in [6.45, 7) is 2.31. The maximum Gasteiger partial charge on any atom is 0.312 e. The summed E-state index contributed by atoms with van der Waals surface area (Å²) >= 11 is 0. The standard InChI is InChI=1S/C6H12N2O3/c1-2-11-5(9)3-4-8-6(7)10/h2-4H2,1H3,(H3,7,8,10). The number of amides is 2. The van der Waals surface area contributed by atoms with Gasteiger partial charge in [-0.25, -0.2) is 4.79 Å². The molecule has 0 fully saturated rings. The SMILES string of the molecule is CCOC(=O)CCNC(N)=O. The molecule has 5 nitrogen and oxygen atoms in total. The van der Waals surface area contributed by atoms with Gasteiger partial charge in [-0.05, 0) is 6.92 Å². The van der Waals surface area contributed by atoms with E-state index in [1.54, 1.807) is 6.92 Å². The number of urea groups is 1. The molecule has 0 unspecified atom stereocenters. The molecule has 0 aromatic rings. The number of ether oxygens (including phenoxy) is 1. The van der Waals surface area contributed by atoms with Crippen LogP contribution in [0.1, 0.15) is 13.3 Å². The third kappa shape index (κ3) is 6.63. The van der Waals surface area contributed by atoms with E-state index in [-0.39, 0.29) is 18.9 Å². The van der Waals surface area contributed by atoms with E-state index in [2.05, 4.69) is 10.1 Å². The van der Waals surface area contributed by atoms with Crippen molar-refractivity contribution in [3.8, 4) is 0 Å². The average Bonchev–Trinajstić information content (AvgIpc) is 1.87. The van der Waals surface area contributed by atoms with Crippen LogP contribution in [0.4, 0.5) is 4.79 Å². The van der Waals surface area contributed by atoms with Gasteiger partial charge in [0.1, 0.15) is 0 Å². The minimum absolute atomic E-state index is 0.163. The molecule has 0 spiro atoms. The molecule has 0 aromatic carbocycles. The number of carbonyl (C=O) groups is 2. The van der Waals surface area contributed by atoms with Gasteiger partial charge in [-0.15, -0.1) is 0 Å². The Bertz CT molecular complexity index is 147. The van der Waals surface area contributed by atoms with Gasteiger partial charge < -0.3 is 15.8 Å². The molecule has 0 rings (SSSR count). The molecule has 0 radical (unpaired) electrons. The van der Waals surface area contributed by atoms with Crippen LogP contribution >= 0.6 is 0 Å². The minimum atomic E-state index is -0.630. The predicted molar refractivity (Wildman–Crippen MR) is 38.8 cm³/mol. The number of rotatable bonds is 4. The van der Waals surface area contributed by atoms with E-state index >= 15 is 0 Å². The molecule has 3 N–H and O–H groups in total. The largest absolute Gasteiger partial charge is 0.466 e. The van der Waals surface area contributed by atoms with Gasteiger partial charge in [0.15, 0.2) is 0 Å². The van der Waals surface area contributed by atoms with E-state index in [0.717, 1.165) is 0 Å². The highest BCUT2D eigenvalue weighted by atomic mass is 16.5. The minimum Gasteiger partial charge on any atom is -0.466 e. The molecule has 0 aliphatic carbocycles. The first-order valence-electron chi connectivity index (χ1n) is 3.35. The Kier molecular flexibility index (Phi) is 4.89. The van der Waals surface area contributed by atoms with E-state index in [0.29, 0.717) is 6.61 Å². The number of esters is 1. The summed E-state index contributed by atoms with van der Waals surface area (Å²) in [7, 11) is 0. The summed E-state index contributed by atoms with van der Waals surface area (Å²) in [5.41, 5.74) is 4.75. The smallest absolute Gasteiger partial charge is 0.312 e. The number of nitrogens with two attached hydrogens (primary N) is 1. The average molecular weight is 160 g/mol. The van der Waals surface area contributed by atoms with Crippen LogP contribution in [0.5, 0.6) is 0 Å². The summed E-state index contributed by atoms with van der Waals surface area (Å²) in [6.07, 6.45) is 0.163. The van der Waals surface area contributed by atoms with Gasteiger partial charge in [0.2, 0.25) is 0 Å². The zero-order chi connectivity index (χ0) is 8.69. The lowest BCUT2D eigenvalue weighted by Crippen LogP contribution is -2.31. The molecule has 64 valence electrons. The number of carbonyl (C=O) groups excluding carboxylic acids is 2. The number of hydrogen-bond acceptors (Lipinski definition) is 3. The van der Waals surface area contributed by atoms with Crippen LogP contribution in [0.25, 0.3) is 0 Å².